The van der Waals surface area contributed by atoms with Crippen LogP contribution in [0.2, 0.25) is 5.02 Å². The number of hydrogen-bond acceptors (Lipinski definition) is 7. The van der Waals surface area contributed by atoms with E-state index in [-0.39, 0.29) is 22.1 Å². The van der Waals surface area contributed by atoms with E-state index in [4.69, 9.17) is 11.6 Å². The fourth-order valence-electron chi connectivity index (χ4n) is 2.29. The van der Waals surface area contributed by atoms with Gasteiger partial charge in [-0.05, 0) is 22.6 Å². The van der Waals surface area contributed by atoms with E-state index in [1.165, 1.54) is 29.7 Å². The van der Waals surface area contributed by atoms with Gasteiger partial charge in [0.1, 0.15) is 10.8 Å². The van der Waals surface area contributed by atoms with Crippen LogP contribution >= 0.6 is 22.9 Å². The molecule has 30 heavy (non-hydrogen) atoms. The molecule has 0 bridgehead atoms. The number of carbonyl (C=O) groups excluding carboxylic acids is 1. The van der Waals surface area contributed by atoms with Gasteiger partial charge < -0.3 is 9.87 Å². The molecule has 1 amide bonds. The topological polar surface area (TPSA) is 89.9 Å². The van der Waals surface area contributed by atoms with E-state index in [0.29, 0.717) is 5.01 Å². The number of benzene rings is 1. The van der Waals surface area contributed by atoms with E-state index in [9.17, 15) is 26.9 Å². The van der Waals surface area contributed by atoms with Gasteiger partial charge in [0.15, 0.2) is 11.4 Å². The quantitative estimate of drug-likeness (QED) is 0.501. The van der Waals surface area contributed by atoms with Crippen molar-refractivity contribution in [3.8, 4) is 0 Å². The van der Waals surface area contributed by atoms with Crippen molar-refractivity contribution in [1.29, 1.82) is 0 Å². The zero-order valence-electron chi connectivity index (χ0n) is 14.7. The van der Waals surface area contributed by atoms with Crippen molar-refractivity contribution in [1.82, 2.24) is 9.29 Å². The van der Waals surface area contributed by atoms with E-state index >= 15 is 0 Å². The van der Waals surface area contributed by atoms with Gasteiger partial charge in [0, 0.05) is 23.3 Å². The predicted octanol–water partition coefficient (Wildman–Crippen LogP) is 3.68. The summed E-state index contributed by atoms with van der Waals surface area (Å²) in [6.45, 7) is -1.42. The Balaban J connectivity index is 1.85. The number of ether oxygens (including phenoxy) is 1. The maximum absolute atomic E-state index is 13.3. The molecule has 0 aliphatic carbocycles. The highest BCUT2D eigenvalue weighted by Gasteiger charge is 2.36. The molecule has 1 aromatic heterocycles. The van der Waals surface area contributed by atoms with E-state index in [0.717, 1.165) is 16.4 Å². The molecule has 0 fully saturated rings. The van der Waals surface area contributed by atoms with Gasteiger partial charge in [0.2, 0.25) is 11.5 Å². The average molecular weight is 483 g/mol. The molecule has 1 unspecified atom stereocenters. The maximum Gasteiger partial charge on any atom is 0.522 e. The second-order valence-corrected chi connectivity index (χ2v) is 7.94. The lowest BCUT2D eigenvalue weighted by Crippen LogP contribution is -2.40. The van der Waals surface area contributed by atoms with E-state index in [2.05, 4.69) is 19.4 Å². The highest BCUT2D eigenvalue weighted by Crippen LogP contribution is 2.25. The Morgan fingerprint density at radius 1 is 1.40 bits per heavy atom. The first-order chi connectivity index (χ1) is 14.1. The van der Waals surface area contributed by atoms with E-state index in [1.807, 2.05) is 0 Å². The predicted molar refractivity (Wildman–Crippen MR) is 104 cm³/mol. The van der Waals surface area contributed by atoms with Crippen LogP contribution in [-0.2, 0) is 21.1 Å². The SMILES string of the molecule is O=C(Nc1ccc(F)c(Cl)c1)C1=CC(c2nccs2)=N[S+]([O-])N1CCOC(F)(F)F. The number of hydrogen-bond donors (Lipinski definition) is 1. The van der Waals surface area contributed by atoms with Crippen molar-refractivity contribution in [3.05, 3.63) is 57.4 Å². The van der Waals surface area contributed by atoms with Crippen LogP contribution in [0.5, 0.6) is 0 Å². The Labute approximate surface area is 179 Å². The number of nitrogens with one attached hydrogen (secondary N) is 1. The highest BCUT2D eigenvalue weighted by molar-refractivity contribution is 7.88. The van der Waals surface area contributed by atoms with Crippen molar-refractivity contribution in [2.75, 3.05) is 18.5 Å². The number of carbonyl (C=O) groups is 1. The molecule has 0 spiro atoms. The second-order valence-electron chi connectivity index (χ2n) is 5.55. The number of thiazole rings is 1. The fourth-order valence-corrected chi connectivity index (χ4v) is 4.06. The first-order valence-electron chi connectivity index (χ1n) is 8.01. The molecule has 1 aliphatic heterocycles. The third-order valence-corrected chi connectivity index (χ3v) is 5.72. The Bertz CT molecular complexity index is 985. The summed E-state index contributed by atoms with van der Waals surface area (Å²) >= 11 is 4.65. The van der Waals surface area contributed by atoms with Crippen LogP contribution in [0.15, 0.2) is 45.9 Å². The lowest BCUT2D eigenvalue weighted by atomic mass is 10.2. The zero-order valence-corrected chi connectivity index (χ0v) is 17.0. The number of anilines is 1. The minimum absolute atomic E-state index is 0.124. The number of amides is 1. The number of aromatic nitrogens is 1. The molecule has 0 saturated heterocycles. The summed E-state index contributed by atoms with van der Waals surface area (Å²) in [7, 11) is 0. The van der Waals surface area contributed by atoms with Crippen LogP contribution in [0.4, 0.5) is 23.2 Å². The molecule has 1 aliphatic rings. The lowest BCUT2D eigenvalue weighted by molar-refractivity contribution is -0.324. The molecular weight excluding hydrogens is 472 g/mol. The number of halogens is 5. The van der Waals surface area contributed by atoms with Gasteiger partial charge in [-0.25, -0.2) is 9.37 Å². The minimum atomic E-state index is -4.89. The summed E-state index contributed by atoms with van der Waals surface area (Å²) < 4.78 is 71.1. The van der Waals surface area contributed by atoms with Gasteiger partial charge >= 0.3 is 6.36 Å². The Morgan fingerprint density at radius 2 is 2.17 bits per heavy atom. The summed E-state index contributed by atoms with van der Waals surface area (Å²) in [5, 5.41) is 4.19. The van der Waals surface area contributed by atoms with Gasteiger partial charge in [-0.3, -0.25) is 9.53 Å². The molecule has 1 N–H and O–H groups in total. The summed E-state index contributed by atoms with van der Waals surface area (Å²) in [5.41, 5.74) is 0.0150. The molecule has 2 heterocycles. The highest BCUT2D eigenvalue weighted by atomic mass is 35.5. The first kappa shape index (κ1) is 22.5. The van der Waals surface area contributed by atoms with Gasteiger partial charge in [-0.15, -0.1) is 24.5 Å². The molecule has 160 valence electrons. The van der Waals surface area contributed by atoms with Crippen molar-refractivity contribution >= 4 is 51.8 Å². The molecule has 3 rings (SSSR count). The summed E-state index contributed by atoms with van der Waals surface area (Å²) in [4.78, 5) is 16.8. The van der Waals surface area contributed by atoms with Crippen molar-refractivity contribution in [3.63, 3.8) is 0 Å². The number of rotatable bonds is 6. The molecule has 0 radical (unpaired) electrons. The fraction of sp³-hybridized carbons (Fsp3) is 0.188. The Morgan fingerprint density at radius 3 is 2.80 bits per heavy atom. The third kappa shape index (κ3) is 5.70. The number of alkyl halides is 3. The molecule has 1 atom stereocenters. The number of allylic oxidation sites excluding steroid dienone is 1. The molecule has 0 saturated carbocycles. The second kappa shape index (κ2) is 9.31. The van der Waals surface area contributed by atoms with Crippen LogP contribution in [0, 0.1) is 5.82 Å². The standard InChI is InChI=1S/C16H11ClF4N4O3S2/c17-10-7-9(1-2-11(10)18)23-14(26)13-8-12(15-22-3-6-29-15)24-30(27)25(13)4-5-28-16(19,20)21/h1-3,6-8H,4-5H2,(H,23,26). The monoisotopic (exact) mass is 482 g/mol. The van der Waals surface area contributed by atoms with E-state index < -0.39 is 42.8 Å². The smallest absolute Gasteiger partial charge is 0.522 e. The van der Waals surface area contributed by atoms with Crippen LogP contribution in [0.1, 0.15) is 5.01 Å². The molecule has 7 nitrogen and oxygen atoms in total. The van der Waals surface area contributed by atoms with Gasteiger partial charge in [0.25, 0.3) is 5.91 Å². The summed E-state index contributed by atoms with van der Waals surface area (Å²) in [5.74, 6) is -1.52. The average Bonchev–Trinajstić information content (AvgIpc) is 3.19. The third-order valence-electron chi connectivity index (χ3n) is 3.53. The zero-order chi connectivity index (χ0) is 21.9. The van der Waals surface area contributed by atoms with Crippen LogP contribution in [0.3, 0.4) is 0 Å². The molecule has 1 aromatic carbocycles. The van der Waals surface area contributed by atoms with Crippen molar-refractivity contribution in [2.45, 2.75) is 6.36 Å². The Hall–Kier alpha value is -2.19. The lowest BCUT2D eigenvalue weighted by Gasteiger charge is -2.26. The van der Waals surface area contributed by atoms with Gasteiger partial charge in [-0.2, -0.15) is 4.31 Å². The largest absolute Gasteiger partial charge is 0.566 e. The summed E-state index contributed by atoms with van der Waals surface area (Å²) in [6.07, 6.45) is -2.17. The van der Waals surface area contributed by atoms with Crippen LogP contribution in [-0.4, -0.2) is 45.0 Å². The van der Waals surface area contributed by atoms with Crippen LogP contribution in [0.25, 0.3) is 0 Å². The van der Waals surface area contributed by atoms with Gasteiger partial charge in [0.05, 0.1) is 18.2 Å². The summed E-state index contributed by atoms with van der Waals surface area (Å²) in [6, 6.07) is 3.43. The molecule has 2 aromatic rings. The normalized spacial score (nSPS) is 16.9. The van der Waals surface area contributed by atoms with Crippen molar-refractivity contribution < 1.29 is 31.6 Å². The Kier molecular flexibility index (Phi) is 6.98. The van der Waals surface area contributed by atoms with Gasteiger partial charge in [-0.1, -0.05) is 11.6 Å². The minimum Gasteiger partial charge on any atom is -0.566 e. The molecule has 14 heteroatoms. The number of nitrogens with zero attached hydrogens (tertiary/aromatic N) is 3. The maximum atomic E-state index is 13.3. The van der Waals surface area contributed by atoms with Crippen molar-refractivity contribution in [2.24, 2.45) is 4.40 Å². The van der Waals surface area contributed by atoms with E-state index in [1.54, 1.807) is 5.38 Å². The molecular formula is C16H11ClF4N4O3S2. The van der Waals surface area contributed by atoms with Crippen LogP contribution < -0.4 is 5.32 Å². The first-order valence-corrected chi connectivity index (χ1v) is 10.3.